The van der Waals surface area contributed by atoms with Crippen molar-refractivity contribution in [1.82, 2.24) is 0 Å². The van der Waals surface area contributed by atoms with E-state index in [0.29, 0.717) is 0 Å². The first kappa shape index (κ1) is 7.88. The van der Waals surface area contributed by atoms with Crippen LogP contribution in [-0.4, -0.2) is 16.9 Å². The fourth-order valence-corrected chi connectivity index (χ4v) is 1.48. The van der Waals surface area contributed by atoms with E-state index in [9.17, 15) is 0 Å². The Morgan fingerprint density at radius 3 is 1.80 bits per heavy atom. The minimum absolute atomic E-state index is 1.36. The van der Waals surface area contributed by atoms with E-state index in [1.165, 1.54) is 21.0 Å². The van der Waals surface area contributed by atoms with Crippen LogP contribution in [0.4, 0.5) is 0 Å². The molecule has 10 heavy (non-hydrogen) atoms. The average Bonchev–Trinajstić information content (AvgIpc) is 1.82. The second-order valence-corrected chi connectivity index (χ2v) is 3.82. The molecule has 0 aliphatic rings. The van der Waals surface area contributed by atoms with Crippen LogP contribution in [0.15, 0.2) is 12.1 Å². The predicted molar refractivity (Wildman–Crippen MR) is 47.4 cm³/mol. The van der Waals surface area contributed by atoms with Gasteiger partial charge in [0.25, 0.3) is 0 Å². The Hall–Kier alpha value is -0.222. The molecular weight excluding hydrogens is 183 g/mol. The van der Waals surface area contributed by atoms with Crippen molar-refractivity contribution in [3.8, 4) is 0 Å². The molecule has 0 bridgehead atoms. The van der Waals surface area contributed by atoms with Gasteiger partial charge < -0.3 is 0 Å². The van der Waals surface area contributed by atoms with Crippen molar-refractivity contribution in [2.24, 2.45) is 0 Å². The number of aryl methyl sites for hydroxylation is 3. The van der Waals surface area contributed by atoms with Crippen molar-refractivity contribution in [1.29, 1.82) is 0 Å². The Bertz CT molecular complexity index is 228. The zero-order valence-corrected chi connectivity index (χ0v) is 8.75. The summed E-state index contributed by atoms with van der Waals surface area (Å²) in [6.45, 7) is 6.46. The Morgan fingerprint density at radius 2 is 1.40 bits per heavy atom. The zero-order chi connectivity index (χ0) is 7.72. The zero-order valence-electron chi connectivity index (χ0n) is 6.65. The van der Waals surface area contributed by atoms with Crippen LogP contribution in [0.5, 0.6) is 0 Å². The van der Waals surface area contributed by atoms with Gasteiger partial charge >= 0.3 is 70.8 Å². The Morgan fingerprint density at radius 1 is 1.00 bits per heavy atom. The first-order valence-electron chi connectivity index (χ1n) is 3.40. The maximum absolute atomic E-state index is 2.22. The molecule has 0 N–H and O–H groups in total. The van der Waals surface area contributed by atoms with Gasteiger partial charge in [-0.3, -0.25) is 0 Å². The summed E-state index contributed by atoms with van der Waals surface area (Å²) in [5.41, 5.74) is 4.16. The molecule has 0 fully saturated rings. The number of benzene rings is 1. The molecule has 0 spiro atoms. The van der Waals surface area contributed by atoms with Gasteiger partial charge in [-0.05, 0) is 0 Å². The summed E-state index contributed by atoms with van der Waals surface area (Å²) in [6, 6.07) is 4.45. The van der Waals surface area contributed by atoms with Gasteiger partial charge in [-0.2, -0.15) is 0 Å². The predicted octanol–water partition coefficient (Wildman–Crippen LogP) is 1.14. The standard InChI is InChI=1S/C9H12As/c1-6-4-7(2)9(10)8(3)5-6/h4-5,10H,1-3H3. The third-order valence-electron chi connectivity index (χ3n) is 1.68. The van der Waals surface area contributed by atoms with Gasteiger partial charge in [0.1, 0.15) is 0 Å². The van der Waals surface area contributed by atoms with Gasteiger partial charge in [-0.1, -0.05) is 0 Å². The fraction of sp³-hybridized carbons (Fsp3) is 0.333. The molecule has 1 aromatic carbocycles. The number of rotatable bonds is 0. The summed E-state index contributed by atoms with van der Waals surface area (Å²) in [6.07, 6.45) is 0. The summed E-state index contributed by atoms with van der Waals surface area (Å²) >= 11 is 2.17. The Kier molecular flexibility index (Phi) is 2.20. The van der Waals surface area contributed by atoms with Crippen molar-refractivity contribution in [3.05, 3.63) is 28.8 Å². The minimum atomic E-state index is 1.36. The molecule has 0 unspecified atom stereocenters. The van der Waals surface area contributed by atoms with Crippen molar-refractivity contribution < 1.29 is 0 Å². The number of hydrogen-bond acceptors (Lipinski definition) is 0. The van der Waals surface area contributed by atoms with Crippen molar-refractivity contribution in [3.63, 3.8) is 0 Å². The van der Waals surface area contributed by atoms with Crippen LogP contribution < -0.4 is 4.35 Å². The normalized spacial score (nSPS) is 10.0. The van der Waals surface area contributed by atoms with Gasteiger partial charge in [0.2, 0.25) is 0 Å². The van der Waals surface area contributed by atoms with Crippen LogP contribution in [0.25, 0.3) is 0 Å². The number of hydrogen-bond donors (Lipinski definition) is 0. The topological polar surface area (TPSA) is 0 Å². The molecule has 0 aromatic heterocycles. The van der Waals surface area contributed by atoms with E-state index < -0.39 is 0 Å². The van der Waals surface area contributed by atoms with E-state index in [0.717, 1.165) is 0 Å². The second-order valence-electron chi connectivity index (χ2n) is 2.77. The third kappa shape index (κ3) is 1.44. The molecule has 0 nitrogen and oxygen atoms in total. The summed E-state index contributed by atoms with van der Waals surface area (Å²) < 4.78 is 1.42. The van der Waals surface area contributed by atoms with Gasteiger partial charge in [-0.15, -0.1) is 0 Å². The summed E-state index contributed by atoms with van der Waals surface area (Å²) in [5, 5.41) is 0. The van der Waals surface area contributed by atoms with Gasteiger partial charge in [0.05, 0.1) is 0 Å². The van der Waals surface area contributed by atoms with E-state index in [4.69, 9.17) is 0 Å². The van der Waals surface area contributed by atoms with Gasteiger partial charge in [0.15, 0.2) is 0 Å². The summed E-state index contributed by atoms with van der Waals surface area (Å²) in [5.74, 6) is 0. The molecule has 0 atom stereocenters. The van der Waals surface area contributed by atoms with Crippen LogP contribution in [0.1, 0.15) is 16.7 Å². The first-order chi connectivity index (χ1) is 4.61. The summed E-state index contributed by atoms with van der Waals surface area (Å²) in [4.78, 5) is 0. The van der Waals surface area contributed by atoms with Crippen molar-refractivity contribution >= 4 is 21.2 Å². The Balaban J connectivity index is 3.31. The third-order valence-corrected chi connectivity index (χ3v) is 3.33. The molecule has 0 saturated heterocycles. The van der Waals surface area contributed by atoms with Crippen LogP contribution in [0.3, 0.4) is 0 Å². The van der Waals surface area contributed by atoms with Crippen LogP contribution in [-0.2, 0) is 0 Å². The van der Waals surface area contributed by atoms with E-state index >= 15 is 0 Å². The molecule has 0 aliphatic carbocycles. The monoisotopic (exact) mass is 195 g/mol. The molecule has 53 valence electrons. The molecule has 0 heterocycles. The fourth-order valence-electron chi connectivity index (χ4n) is 1.18. The SMILES string of the molecule is Cc1cc(C)c([AsH])c(C)c1. The van der Waals surface area contributed by atoms with E-state index in [1.807, 2.05) is 0 Å². The van der Waals surface area contributed by atoms with Crippen molar-refractivity contribution in [2.45, 2.75) is 20.8 Å². The molecule has 1 rings (SSSR count). The molecule has 1 heteroatoms. The molecular formula is C9H12As. The van der Waals surface area contributed by atoms with Crippen molar-refractivity contribution in [2.75, 3.05) is 0 Å². The molecule has 0 saturated carbocycles. The summed E-state index contributed by atoms with van der Waals surface area (Å²) in [7, 11) is 0. The van der Waals surface area contributed by atoms with E-state index in [1.54, 1.807) is 0 Å². The first-order valence-corrected chi connectivity index (χ1v) is 4.45. The second kappa shape index (κ2) is 2.80. The molecule has 0 amide bonds. The van der Waals surface area contributed by atoms with Crippen LogP contribution in [0.2, 0.25) is 0 Å². The molecule has 0 aliphatic heterocycles. The van der Waals surface area contributed by atoms with E-state index in [2.05, 4.69) is 49.8 Å². The Labute approximate surface area is 71.1 Å². The molecule has 1 aromatic rings. The molecule has 1 radical (unpaired) electrons. The van der Waals surface area contributed by atoms with Crippen LogP contribution >= 0.6 is 0 Å². The van der Waals surface area contributed by atoms with Gasteiger partial charge in [0, 0.05) is 0 Å². The van der Waals surface area contributed by atoms with E-state index in [-0.39, 0.29) is 0 Å². The maximum atomic E-state index is 2.22. The quantitative estimate of drug-likeness (QED) is 0.544. The van der Waals surface area contributed by atoms with Crippen LogP contribution in [0, 0.1) is 20.8 Å². The average molecular weight is 195 g/mol. The van der Waals surface area contributed by atoms with Gasteiger partial charge in [-0.25, -0.2) is 0 Å².